The van der Waals surface area contributed by atoms with Crippen LogP contribution in [0.5, 0.6) is 0 Å². The van der Waals surface area contributed by atoms with Gasteiger partial charge in [-0.2, -0.15) is 0 Å². The van der Waals surface area contributed by atoms with Gasteiger partial charge in [0, 0.05) is 6.54 Å². The summed E-state index contributed by atoms with van der Waals surface area (Å²) < 4.78 is 1.19. The van der Waals surface area contributed by atoms with E-state index < -0.39 is 5.97 Å². The van der Waals surface area contributed by atoms with Crippen LogP contribution < -0.4 is 5.32 Å². The van der Waals surface area contributed by atoms with Gasteiger partial charge >= 0.3 is 5.97 Å². The minimum Gasteiger partial charge on any atom is -0.480 e. The zero-order valence-corrected chi connectivity index (χ0v) is 15.8. The Hall–Kier alpha value is -4.27. The fraction of sp³-hybridized carbons (Fsp3) is 0.0952. The summed E-state index contributed by atoms with van der Waals surface area (Å²) in [6.07, 6.45) is 2.99. The molecule has 0 spiro atoms. The summed E-state index contributed by atoms with van der Waals surface area (Å²) in [5.41, 5.74) is 3.10. The molecule has 150 valence electrons. The van der Waals surface area contributed by atoms with Gasteiger partial charge in [0.25, 0.3) is 5.91 Å². The lowest BCUT2D eigenvalue weighted by molar-refractivity contribution is -0.137. The average molecular weight is 402 g/mol. The van der Waals surface area contributed by atoms with Crippen molar-refractivity contribution >= 4 is 34.6 Å². The van der Waals surface area contributed by atoms with E-state index in [0.29, 0.717) is 18.1 Å². The van der Waals surface area contributed by atoms with Crippen molar-refractivity contribution in [3.63, 3.8) is 0 Å². The maximum Gasteiger partial charge on any atom is 0.325 e. The second kappa shape index (κ2) is 8.39. The summed E-state index contributed by atoms with van der Waals surface area (Å²) >= 11 is 0. The van der Waals surface area contributed by atoms with Crippen LogP contribution in [-0.4, -0.2) is 41.9 Å². The third-order valence-electron chi connectivity index (χ3n) is 4.33. The summed E-state index contributed by atoms with van der Waals surface area (Å²) in [6.45, 7) is 0.0317. The molecule has 2 aromatic carbocycles. The Morgan fingerprint density at radius 2 is 1.87 bits per heavy atom. The number of carboxylic acids is 1. The first-order chi connectivity index (χ1) is 14.6. The number of H-pyrrole nitrogens is 1. The van der Waals surface area contributed by atoms with Crippen LogP contribution in [0.2, 0.25) is 0 Å². The van der Waals surface area contributed by atoms with Crippen LogP contribution in [0.1, 0.15) is 17.1 Å². The highest BCUT2D eigenvalue weighted by Crippen LogP contribution is 2.19. The van der Waals surface area contributed by atoms with Crippen molar-refractivity contribution in [3.05, 3.63) is 77.9 Å². The van der Waals surface area contributed by atoms with Crippen LogP contribution >= 0.6 is 0 Å². The van der Waals surface area contributed by atoms with Crippen molar-refractivity contribution in [2.75, 3.05) is 0 Å². The summed E-state index contributed by atoms with van der Waals surface area (Å²) in [6, 6.07) is 17.0. The molecule has 2 aromatic heterocycles. The van der Waals surface area contributed by atoms with E-state index in [0.717, 1.165) is 16.6 Å². The van der Waals surface area contributed by atoms with E-state index in [1.165, 1.54) is 17.0 Å². The number of hydrogen-bond acceptors (Lipinski definition) is 5. The molecule has 0 unspecified atom stereocenters. The molecule has 0 saturated carbocycles. The van der Waals surface area contributed by atoms with Crippen molar-refractivity contribution in [1.82, 2.24) is 30.3 Å². The van der Waals surface area contributed by atoms with Crippen LogP contribution in [0.4, 0.5) is 0 Å². The lowest BCUT2D eigenvalue weighted by Gasteiger charge is -2.07. The molecule has 0 radical (unpaired) electrons. The molecule has 0 aliphatic carbocycles. The fourth-order valence-electron chi connectivity index (χ4n) is 2.94. The summed E-state index contributed by atoms with van der Waals surface area (Å²) in [5, 5.41) is 19.5. The highest BCUT2D eigenvalue weighted by atomic mass is 16.4. The maximum absolute atomic E-state index is 13.0. The van der Waals surface area contributed by atoms with Gasteiger partial charge in [0.05, 0.1) is 22.8 Å². The van der Waals surface area contributed by atoms with Crippen LogP contribution in [0.15, 0.2) is 60.8 Å². The third kappa shape index (κ3) is 4.41. The van der Waals surface area contributed by atoms with E-state index in [1.54, 1.807) is 0 Å². The fourth-order valence-corrected chi connectivity index (χ4v) is 2.94. The van der Waals surface area contributed by atoms with Gasteiger partial charge in [0.1, 0.15) is 18.1 Å². The quantitative estimate of drug-likeness (QED) is 0.407. The summed E-state index contributed by atoms with van der Waals surface area (Å²) in [7, 11) is 0. The molecule has 0 aliphatic rings. The predicted molar refractivity (Wildman–Crippen MR) is 110 cm³/mol. The zero-order valence-electron chi connectivity index (χ0n) is 15.8. The Labute approximate surface area is 171 Å². The van der Waals surface area contributed by atoms with Crippen molar-refractivity contribution in [2.24, 2.45) is 0 Å². The van der Waals surface area contributed by atoms with E-state index in [1.807, 2.05) is 54.6 Å². The summed E-state index contributed by atoms with van der Waals surface area (Å²) in [5.74, 6) is -0.992. The van der Waals surface area contributed by atoms with Gasteiger partial charge in [-0.3, -0.25) is 9.59 Å². The number of aliphatic carboxylic acids is 1. The summed E-state index contributed by atoms with van der Waals surface area (Å²) in [4.78, 5) is 31.5. The maximum atomic E-state index is 13.0. The van der Waals surface area contributed by atoms with E-state index in [9.17, 15) is 9.59 Å². The molecule has 4 rings (SSSR count). The Kier molecular flexibility index (Phi) is 5.33. The van der Waals surface area contributed by atoms with Crippen molar-refractivity contribution in [2.45, 2.75) is 13.1 Å². The first-order valence-corrected chi connectivity index (χ1v) is 9.19. The van der Waals surface area contributed by atoms with Crippen LogP contribution in [0, 0.1) is 0 Å². The number of fused-ring (bicyclic) bond motifs is 1. The monoisotopic (exact) mass is 402 g/mol. The number of nitrogens with one attached hydrogen (secondary N) is 2. The molecule has 0 atom stereocenters. The van der Waals surface area contributed by atoms with E-state index in [2.05, 4.69) is 25.6 Å². The van der Waals surface area contributed by atoms with E-state index >= 15 is 0 Å². The van der Waals surface area contributed by atoms with Crippen molar-refractivity contribution in [1.29, 1.82) is 0 Å². The number of carbonyl (C=O) groups is 2. The van der Waals surface area contributed by atoms with Gasteiger partial charge in [0.15, 0.2) is 0 Å². The molecule has 0 bridgehead atoms. The molecule has 3 N–H and O–H groups in total. The average Bonchev–Trinajstić information content (AvgIpc) is 3.37. The number of para-hydroxylation sites is 2. The van der Waals surface area contributed by atoms with E-state index in [-0.39, 0.29) is 18.0 Å². The smallest absolute Gasteiger partial charge is 0.325 e. The second-order valence-electron chi connectivity index (χ2n) is 6.56. The number of imidazole rings is 1. The van der Waals surface area contributed by atoms with Gasteiger partial charge in [-0.1, -0.05) is 47.7 Å². The second-order valence-corrected chi connectivity index (χ2v) is 6.56. The largest absolute Gasteiger partial charge is 0.480 e. The molecule has 0 saturated heterocycles. The van der Waals surface area contributed by atoms with Gasteiger partial charge < -0.3 is 15.4 Å². The van der Waals surface area contributed by atoms with Gasteiger partial charge in [-0.15, -0.1) is 5.10 Å². The molecule has 30 heavy (non-hydrogen) atoms. The normalized spacial score (nSPS) is 11.5. The molecule has 4 aromatic rings. The minimum atomic E-state index is -1.03. The Morgan fingerprint density at radius 3 is 2.63 bits per heavy atom. The van der Waals surface area contributed by atoms with Crippen LogP contribution in [0.3, 0.4) is 0 Å². The van der Waals surface area contributed by atoms with Gasteiger partial charge in [-0.25, -0.2) is 9.67 Å². The minimum absolute atomic E-state index is 0.268. The number of rotatable bonds is 7. The number of nitrogens with zero attached hydrogens (tertiary/aromatic N) is 4. The lowest BCUT2D eigenvalue weighted by Crippen LogP contribution is -2.24. The Balaban J connectivity index is 1.65. The SMILES string of the molecule is O=C(O)Cn1cc(/C=C(/C(=O)NCc2ccccc2)c2nc3ccccc3[nH]2)nn1. The number of hydrogen-bond donors (Lipinski definition) is 3. The number of aromatic nitrogens is 5. The van der Waals surface area contributed by atoms with Crippen molar-refractivity contribution < 1.29 is 14.7 Å². The highest BCUT2D eigenvalue weighted by molar-refractivity contribution is 6.23. The molecule has 0 aliphatic heterocycles. The first-order valence-electron chi connectivity index (χ1n) is 9.19. The van der Waals surface area contributed by atoms with Crippen molar-refractivity contribution in [3.8, 4) is 0 Å². The Bertz CT molecular complexity index is 1190. The number of amides is 1. The van der Waals surface area contributed by atoms with E-state index in [4.69, 9.17) is 5.11 Å². The van der Waals surface area contributed by atoms with Gasteiger partial charge in [0.2, 0.25) is 0 Å². The lowest BCUT2D eigenvalue weighted by atomic mass is 10.1. The molecule has 1 amide bonds. The number of aromatic amines is 1. The standard InChI is InChI=1S/C21H18N6O3/c28-19(29)13-27-12-15(25-26-27)10-16(20-23-17-8-4-5-9-18(17)24-20)21(30)22-11-14-6-2-1-3-7-14/h1-10,12H,11,13H2,(H,22,30)(H,23,24)(H,28,29)/b16-10+. The van der Waals surface area contributed by atoms with Crippen LogP contribution in [0.25, 0.3) is 22.7 Å². The third-order valence-corrected chi connectivity index (χ3v) is 4.33. The number of carbonyl (C=O) groups excluding carboxylic acids is 1. The predicted octanol–water partition coefficient (Wildman–Crippen LogP) is 2.10. The Morgan fingerprint density at radius 1 is 1.10 bits per heavy atom. The number of benzene rings is 2. The topological polar surface area (TPSA) is 126 Å². The van der Waals surface area contributed by atoms with Gasteiger partial charge in [-0.05, 0) is 23.8 Å². The molecule has 9 heteroatoms. The highest BCUT2D eigenvalue weighted by Gasteiger charge is 2.17. The molecule has 0 fully saturated rings. The zero-order chi connectivity index (χ0) is 20.9. The number of carboxylic acid groups (broad SMARTS) is 1. The molecule has 9 nitrogen and oxygen atoms in total. The first kappa shape index (κ1) is 19.1. The molecular weight excluding hydrogens is 384 g/mol. The molecular formula is C21H18N6O3. The van der Waals surface area contributed by atoms with Crippen LogP contribution in [-0.2, 0) is 22.7 Å². The molecule has 2 heterocycles.